The highest BCUT2D eigenvalue weighted by molar-refractivity contribution is 5.79. The van der Waals surface area contributed by atoms with Gasteiger partial charge in [0, 0.05) is 38.3 Å². The summed E-state index contributed by atoms with van der Waals surface area (Å²) >= 11 is 0. The number of aliphatic hydroxyl groups is 1. The molecule has 0 saturated heterocycles. The van der Waals surface area contributed by atoms with Crippen molar-refractivity contribution >= 4 is 11.6 Å². The van der Waals surface area contributed by atoms with Crippen molar-refractivity contribution in [1.29, 1.82) is 0 Å². The summed E-state index contributed by atoms with van der Waals surface area (Å²) in [7, 11) is 1.74. The molecule has 0 aromatic heterocycles. The molecule has 1 amide bonds. The molecule has 0 radical (unpaired) electrons. The van der Waals surface area contributed by atoms with Crippen LogP contribution in [-0.4, -0.2) is 62.6 Å². The smallest absolute Gasteiger partial charge is 0.223 e. The third-order valence-electron chi connectivity index (χ3n) is 8.86. The van der Waals surface area contributed by atoms with Gasteiger partial charge in [-0.3, -0.25) is 4.79 Å². The first-order valence-corrected chi connectivity index (χ1v) is 15.4. The van der Waals surface area contributed by atoms with Crippen LogP contribution in [-0.2, 0) is 16.0 Å². The first kappa shape index (κ1) is 31.7. The predicted molar refractivity (Wildman–Crippen MR) is 159 cm³/mol. The van der Waals surface area contributed by atoms with E-state index in [1.165, 1.54) is 24.8 Å². The molecule has 0 unspecified atom stereocenters. The summed E-state index contributed by atoms with van der Waals surface area (Å²) in [5.74, 6) is 1.70. The zero-order valence-corrected chi connectivity index (χ0v) is 25.2. The van der Waals surface area contributed by atoms with Crippen molar-refractivity contribution in [3.63, 3.8) is 0 Å². The first-order chi connectivity index (χ1) is 18.7. The van der Waals surface area contributed by atoms with Gasteiger partial charge in [-0.15, -0.1) is 0 Å². The van der Waals surface area contributed by atoms with Crippen LogP contribution in [0.2, 0.25) is 0 Å². The number of ether oxygens (including phenoxy) is 2. The van der Waals surface area contributed by atoms with E-state index in [2.05, 4.69) is 56.1 Å². The number of hydrogen-bond donors (Lipinski definition) is 3. The number of benzene rings is 1. The summed E-state index contributed by atoms with van der Waals surface area (Å²) in [4.78, 5) is 15.5. The van der Waals surface area contributed by atoms with Gasteiger partial charge in [0.15, 0.2) is 0 Å². The maximum atomic E-state index is 13.1. The lowest BCUT2D eigenvalue weighted by Gasteiger charge is -2.33. The zero-order chi connectivity index (χ0) is 28.4. The monoisotopic (exact) mass is 545 g/mol. The quantitative estimate of drug-likeness (QED) is 0.271. The molecule has 1 aromatic rings. The van der Waals surface area contributed by atoms with Crippen LogP contribution in [0.5, 0.6) is 5.75 Å². The fraction of sp³-hybridized carbons (Fsp3) is 0.781. The van der Waals surface area contributed by atoms with Crippen LogP contribution in [0, 0.1) is 23.7 Å². The predicted octanol–water partition coefficient (Wildman–Crippen LogP) is 4.93. The molecule has 1 saturated carbocycles. The van der Waals surface area contributed by atoms with Crippen molar-refractivity contribution in [1.82, 2.24) is 5.32 Å². The summed E-state index contributed by atoms with van der Waals surface area (Å²) in [6.07, 6.45) is 8.07. The highest BCUT2D eigenvalue weighted by Gasteiger charge is 2.31. The van der Waals surface area contributed by atoms with Crippen LogP contribution >= 0.6 is 0 Å². The number of methoxy groups -OCH3 is 1. The number of fused-ring (bicyclic) bond motifs is 1. The van der Waals surface area contributed by atoms with Crippen molar-refractivity contribution < 1.29 is 19.4 Å². The second kappa shape index (κ2) is 15.8. The summed E-state index contributed by atoms with van der Waals surface area (Å²) in [5, 5.41) is 14.4. The molecule has 1 heterocycles. The van der Waals surface area contributed by atoms with E-state index in [0.717, 1.165) is 63.2 Å². The first-order valence-electron chi connectivity index (χ1n) is 15.4. The second-order valence-electron chi connectivity index (χ2n) is 12.6. The Balaban J connectivity index is 1.60. The van der Waals surface area contributed by atoms with Gasteiger partial charge in [0.25, 0.3) is 0 Å². The summed E-state index contributed by atoms with van der Waals surface area (Å²) in [5.41, 5.74) is 9.05. The lowest BCUT2D eigenvalue weighted by Crippen LogP contribution is -2.45. The Kier molecular flexibility index (Phi) is 12.9. The topological polar surface area (TPSA) is 97.1 Å². The Bertz CT molecular complexity index is 871. The third kappa shape index (κ3) is 9.65. The standard InChI is InChI=1S/C32H55N3O4/c1-22(2)25(18-24-12-13-31-29(19-24)35(15-17-39-31)14-9-16-38-5)20-28(33)30(36)21-27(23(3)4)32(37)34-26-10-7-6-8-11-26/h12-13,19,22-23,25-28,30,36H,6-11,14-18,20-21,33H2,1-5H3,(H,34,37)/t25-,27-,28-,30-/m0/s1. The number of nitrogens with two attached hydrogens (primary N) is 1. The van der Waals surface area contributed by atoms with Gasteiger partial charge in [-0.25, -0.2) is 0 Å². The van der Waals surface area contributed by atoms with Crippen molar-refractivity contribution in [3.8, 4) is 5.75 Å². The average Bonchev–Trinajstić information content (AvgIpc) is 2.91. The molecule has 222 valence electrons. The minimum Gasteiger partial charge on any atom is -0.490 e. The lowest BCUT2D eigenvalue weighted by molar-refractivity contribution is -0.128. The lowest BCUT2D eigenvalue weighted by atomic mass is 9.80. The Hall–Kier alpha value is -1.83. The van der Waals surface area contributed by atoms with Gasteiger partial charge in [0.2, 0.25) is 5.91 Å². The molecule has 1 fully saturated rings. The minimum atomic E-state index is -0.705. The van der Waals surface area contributed by atoms with Gasteiger partial charge in [0.1, 0.15) is 12.4 Å². The van der Waals surface area contributed by atoms with Gasteiger partial charge in [-0.05, 0) is 74.0 Å². The molecule has 4 atom stereocenters. The summed E-state index contributed by atoms with van der Waals surface area (Å²) in [6.45, 7) is 11.9. The maximum Gasteiger partial charge on any atom is 0.223 e. The molecule has 7 heteroatoms. The van der Waals surface area contributed by atoms with Crippen molar-refractivity contribution in [3.05, 3.63) is 23.8 Å². The average molecular weight is 546 g/mol. The van der Waals surface area contributed by atoms with Crippen LogP contribution in [0.1, 0.15) is 84.6 Å². The molecule has 4 N–H and O–H groups in total. The minimum absolute atomic E-state index is 0.0786. The molecule has 1 aromatic carbocycles. The van der Waals surface area contributed by atoms with Gasteiger partial charge in [-0.2, -0.15) is 0 Å². The van der Waals surface area contributed by atoms with Crippen LogP contribution in [0.4, 0.5) is 5.69 Å². The van der Waals surface area contributed by atoms with Gasteiger partial charge in [0.05, 0.1) is 18.3 Å². The highest BCUT2D eigenvalue weighted by Crippen LogP contribution is 2.34. The van der Waals surface area contributed by atoms with Crippen LogP contribution in [0.3, 0.4) is 0 Å². The molecule has 0 spiro atoms. The number of carbonyl (C=O) groups excluding carboxylic acids is 1. The van der Waals surface area contributed by atoms with Crippen molar-refractivity contribution in [2.45, 2.75) is 104 Å². The number of rotatable bonds is 15. The van der Waals surface area contributed by atoms with Gasteiger partial charge in [-0.1, -0.05) is 53.0 Å². The Labute approximate surface area is 237 Å². The van der Waals surface area contributed by atoms with Crippen molar-refractivity contribution in [2.24, 2.45) is 29.4 Å². The van der Waals surface area contributed by atoms with Gasteiger partial charge < -0.3 is 30.5 Å². The Morgan fingerprint density at radius 1 is 1.15 bits per heavy atom. The van der Waals surface area contributed by atoms with Crippen LogP contribution in [0.15, 0.2) is 18.2 Å². The highest BCUT2D eigenvalue weighted by atomic mass is 16.5. The zero-order valence-electron chi connectivity index (χ0n) is 25.2. The maximum absolute atomic E-state index is 13.1. The number of amides is 1. The number of hydrogen-bond acceptors (Lipinski definition) is 6. The van der Waals surface area contributed by atoms with E-state index in [0.29, 0.717) is 24.9 Å². The summed E-state index contributed by atoms with van der Waals surface area (Å²) in [6, 6.07) is 6.44. The molecule has 0 bridgehead atoms. The van der Waals surface area contributed by atoms with E-state index in [4.69, 9.17) is 15.2 Å². The van der Waals surface area contributed by atoms with E-state index in [1.807, 2.05) is 0 Å². The fourth-order valence-corrected chi connectivity index (χ4v) is 6.15. The van der Waals surface area contributed by atoms with Crippen LogP contribution in [0.25, 0.3) is 0 Å². The largest absolute Gasteiger partial charge is 0.490 e. The molecule has 1 aliphatic heterocycles. The number of carbonyl (C=O) groups is 1. The molecule has 7 nitrogen and oxygen atoms in total. The molecular weight excluding hydrogens is 490 g/mol. The van der Waals surface area contributed by atoms with Crippen LogP contribution < -0.4 is 20.7 Å². The SMILES string of the molecule is COCCCN1CCOc2ccc(C[C@@H](C[C@H](N)[C@@H](O)C[C@H](C(=O)NC3CCCCC3)C(C)C)C(C)C)cc21. The molecule has 2 aliphatic rings. The fourth-order valence-electron chi connectivity index (χ4n) is 6.15. The molecule has 3 rings (SSSR count). The third-order valence-corrected chi connectivity index (χ3v) is 8.86. The number of nitrogens with one attached hydrogen (secondary N) is 1. The Morgan fingerprint density at radius 2 is 1.90 bits per heavy atom. The van der Waals surface area contributed by atoms with Gasteiger partial charge >= 0.3 is 0 Å². The van der Waals surface area contributed by atoms with E-state index in [1.54, 1.807) is 7.11 Å². The Morgan fingerprint density at radius 3 is 2.56 bits per heavy atom. The molecule has 1 aliphatic carbocycles. The van der Waals surface area contributed by atoms with E-state index < -0.39 is 6.10 Å². The van der Waals surface area contributed by atoms with E-state index in [9.17, 15) is 9.90 Å². The molecule has 39 heavy (non-hydrogen) atoms. The van der Waals surface area contributed by atoms with Crippen molar-refractivity contribution in [2.75, 3.05) is 38.3 Å². The van der Waals surface area contributed by atoms with E-state index >= 15 is 0 Å². The number of anilines is 1. The normalized spacial score (nSPS) is 19.4. The number of aliphatic hydroxyl groups excluding tert-OH is 1. The van der Waals surface area contributed by atoms with E-state index in [-0.39, 0.29) is 29.8 Å². The second-order valence-corrected chi connectivity index (χ2v) is 12.6. The summed E-state index contributed by atoms with van der Waals surface area (Å²) < 4.78 is 11.2. The number of nitrogens with zero attached hydrogens (tertiary/aromatic N) is 1. The molecular formula is C32H55N3O4.